The standard InChI is InChI=1S/C14H18BrNO2/c1-10-5-6-13(18-2)12(8-10)14(17)16-7-3-4-11(15)9-16/h5-6,8,11H,3-4,7,9H2,1-2H3. The molecule has 1 aromatic carbocycles. The van der Waals surface area contributed by atoms with E-state index >= 15 is 0 Å². The number of hydrogen-bond donors (Lipinski definition) is 0. The van der Waals surface area contributed by atoms with E-state index in [1.807, 2.05) is 30.0 Å². The molecule has 4 heteroatoms. The lowest BCUT2D eigenvalue weighted by Crippen LogP contribution is -2.40. The number of carbonyl (C=O) groups excluding carboxylic acids is 1. The Labute approximate surface area is 116 Å². The topological polar surface area (TPSA) is 29.5 Å². The van der Waals surface area contributed by atoms with Crippen LogP contribution in [0, 0.1) is 6.92 Å². The molecule has 0 radical (unpaired) electrons. The summed E-state index contributed by atoms with van der Waals surface area (Å²) < 4.78 is 5.28. The average molecular weight is 312 g/mol. The second kappa shape index (κ2) is 5.74. The lowest BCUT2D eigenvalue weighted by molar-refractivity contribution is 0.0726. The summed E-state index contributed by atoms with van der Waals surface area (Å²) in [6.45, 7) is 3.59. The Kier molecular flexibility index (Phi) is 4.27. The van der Waals surface area contributed by atoms with Crippen molar-refractivity contribution in [2.45, 2.75) is 24.6 Å². The van der Waals surface area contributed by atoms with E-state index in [9.17, 15) is 4.79 Å². The predicted molar refractivity (Wildman–Crippen MR) is 75.6 cm³/mol. The molecule has 0 saturated carbocycles. The van der Waals surface area contributed by atoms with Gasteiger partial charge in [0.1, 0.15) is 5.75 Å². The van der Waals surface area contributed by atoms with Gasteiger partial charge in [0, 0.05) is 17.9 Å². The number of nitrogens with zero attached hydrogens (tertiary/aromatic N) is 1. The van der Waals surface area contributed by atoms with Crippen molar-refractivity contribution in [1.82, 2.24) is 4.90 Å². The maximum atomic E-state index is 12.5. The van der Waals surface area contributed by atoms with Crippen molar-refractivity contribution in [3.05, 3.63) is 29.3 Å². The second-order valence-electron chi connectivity index (χ2n) is 4.69. The minimum atomic E-state index is 0.0692. The number of aryl methyl sites for hydroxylation is 1. The highest BCUT2D eigenvalue weighted by atomic mass is 79.9. The molecule has 1 amide bonds. The van der Waals surface area contributed by atoms with E-state index in [4.69, 9.17) is 4.74 Å². The van der Waals surface area contributed by atoms with Crippen LogP contribution in [0.3, 0.4) is 0 Å². The first kappa shape index (κ1) is 13.4. The summed E-state index contributed by atoms with van der Waals surface area (Å²) in [5.74, 6) is 0.724. The zero-order valence-electron chi connectivity index (χ0n) is 10.8. The van der Waals surface area contributed by atoms with Crippen molar-refractivity contribution >= 4 is 21.8 Å². The van der Waals surface area contributed by atoms with E-state index in [0.29, 0.717) is 16.1 Å². The molecule has 0 aliphatic carbocycles. The predicted octanol–water partition coefficient (Wildman–Crippen LogP) is 3.00. The molecule has 0 spiro atoms. The molecule has 0 aromatic heterocycles. The van der Waals surface area contributed by atoms with Crippen LogP contribution in [0.15, 0.2) is 18.2 Å². The van der Waals surface area contributed by atoms with Gasteiger partial charge in [0.15, 0.2) is 0 Å². The highest BCUT2D eigenvalue weighted by Crippen LogP contribution is 2.24. The first-order chi connectivity index (χ1) is 8.61. The number of rotatable bonds is 2. The molecule has 1 atom stereocenters. The maximum absolute atomic E-state index is 12.5. The Morgan fingerprint density at radius 1 is 1.50 bits per heavy atom. The molecule has 1 heterocycles. The van der Waals surface area contributed by atoms with Gasteiger partial charge in [-0.1, -0.05) is 27.6 Å². The summed E-state index contributed by atoms with van der Waals surface area (Å²) in [6.07, 6.45) is 2.19. The molecule has 1 aliphatic heterocycles. The molecule has 98 valence electrons. The Morgan fingerprint density at radius 3 is 2.94 bits per heavy atom. The van der Waals surface area contributed by atoms with Crippen LogP contribution in [0.5, 0.6) is 5.75 Å². The van der Waals surface area contributed by atoms with Gasteiger partial charge in [-0.05, 0) is 31.9 Å². The van der Waals surface area contributed by atoms with Gasteiger partial charge in [-0.2, -0.15) is 0 Å². The quantitative estimate of drug-likeness (QED) is 0.786. The monoisotopic (exact) mass is 311 g/mol. The molecule has 2 rings (SSSR count). The zero-order chi connectivity index (χ0) is 13.1. The van der Waals surface area contributed by atoms with Crippen LogP contribution < -0.4 is 4.74 Å². The number of alkyl halides is 1. The molecule has 0 N–H and O–H groups in total. The molecular formula is C14H18BrNO2. The number of methoxy groups -OCH3 is 1. The van der Waals surface area contributed by atoms with Crippen molar-refractivity contribution in [1.29, 1.82) is 0 Å². The summed E-state index contributed by atoms with van der Waals surface area (Å²) in [6, 6.07) is 5.72. The third-order valence-electron chi connectivity index (χ3n) is 3.24. The second-order valence-corrected chi connectivity index (χ2v) is 5.99. The number of benzene rings is 1. The van der Waals surface area contributed by atoms with Crippen molar-refractivity contribution in [3.8, 4) is 5.75 Å². The van der Waals surface area contributed by atoms with Crippen molar-refractivity contribution in [2.75, 3.05) is 20.2 Å². The summed E-state index contributed by atoms with van der Waals surface area (Å²) >= 11 is 3.59. The number of piperidine rings is 1. The van der Waals surface area contributed by atoms with Crippen molar-refractivity contribution in [3.63, 3.8) is 0 Å². The number of amides is 1. The van der Waals surface area contributed by atoms with Gasteiger partial charge in [-0.3, -0.25) is 4.79 Å². The van der Waals surface area contributed by atoms with Gasteiger partial charge in [0.25, 0.3) is 5.91 Å². The SMILES string of the molecule is COc1ccc(C)cc1C(=O)N1CCCC(Br)C1. The molecule has 1 aromatic rings. The molecular weight excluding hydrogens is 294 g/mol. The van der Waals surface area contributed by atoms with Gasteiger partial charge >= 0.3 is 0 Å². The number of halogens is 1. The fraction of sp³-hybridized carbons (Fsp3) is 0.500. The minimum Gasteiger partial charge on any atom is -0.496 e. The molecule has 1 aliphatic rings. The molecule has 1 saturated heterocycles. The lowest BCUT2D eigenvalue weighted by Gasteiger charge is -2.30. The Morgan fingerprint density at radius 2 is 2.28 bits per heavy atom. The number of ether oxygens (including phenoxy) is 1. The fourth-order valence-corrected chi connectivity index (χ4v) is 2.94. The van der Waals surface area contributed by atoms with Gasteiger partial charge in [-0.25, -0.2) is 0 Å². The van der Waals surface area contributed by atoms with E-state index in [2.05, 4.69) is 15.9 Å². The highest BCUT2D eigenvalue weighted by molar-refractivity contribution is 9.09. The third-order valence-corrected chi connectivity index (χ3v) is 3.98. The fourth-order valence-electron chi connectivity index (χ4n) is 2.27. The highest BCUT2D eigenvalue weighted by Gasteiger charge is 2.24. The summed E-state index contributed by atoms with van der Waals surface area (Å²) in [5, 5.41) is 0. The van der Waals surface area contributed by atoms with Crippen molar-refractivity contribution in [2.24, 2.45) is 0 Å². The first-order valence-electron chi connectivity index (χ1n) is 6.20. The Hall–Kier alpha value is -1.03. The molecule has 3 nitrogen and oxygen atoms in total. The average Bonchev–Trinajstić information content (AvgIpc) is 2.38. The van der Waals surface area contributed by atoms with Crippen molar-refractivity contribution < 1.29 is 9.53 Å². The van der Waals surface area contributed by atoms with Gasteiger partial charge in [0.2, 0.25) is 0 Å². The van der Waals surface area contributed by atoms with Crippen LogP contribution in [0.2, 0.25) is 0 Å². The van der Waals surface area contributed by atoms with Crippen LogP contribution in [0.1, 0.15) is 28.8 Å². The number of carbonyl (C=O) groups is 1. The first-order valence-corrected chi connectivity index (χ1v) is 7.11. The van der Waals surface area contributed by atoms with Crippen LogP contribution in [0.25, 0.3) is 0 Å². The third kappa shape index (κ3) is 2.86. The van der Waals surface area contributed by atoms with E-state index in [0.717, 1.165) is 31.5 Å². The Bertz CT molecular complexity index is 447. The lowest BCUT2D eigenvalue weighted by atomic mass is 10.1. The molecule has 18 heavy (non-hydrogen) atoms. The summed E-state index contributed by atoms with van der Waals surface area (Å²) in [5.41, 5.74) is 1.74. The number of likely N-dealkylation sites (tertiary alicyclic amines) is 1. The van der Waals surface area contributed by atoms with E-state index in [-0.39, 0.29) is 5.91 Å². The Balaban J connectivity index is 2.24. The van der Waals surface area contributed by atoms with E-state index < -0.39 is 0 Å². The van der Waals surface area contributed by atoms with E-state index in [1.54, 1.807) is 7.11 Å². The zero-order valence-corrected chi connectivity index (χ0v) is 12.4. The largest absolute Gasteiger partial charge is 0.496 e. The maximum Gasteiger partial charge on any atom is 0.257 e. The molecule has 1 fully saturated rings. The van der Waals surface area contributed by atoms with Crippen LogP contribution in [0.4, 0.5) is 0 Å². The normalized spacial score (nSPS) is 19.7. The molecule has 1 unspecified atom stereocenters. The molecule has 0 bridgehead atoms. The van der Waals surface area contributed by atoms with Gasteiger partial charge in [-0.15, -0.1) is 0 Å². The summed E-state index contributed by atoms with van der Waals surface area (Å²) in [4.78, 5) is 14.8. The van der Waals surface area contributed by atoms with Gasteiger partial charge < -0.3 is 9.64 Å². The van der Waals surface area contributed by atoms with Crippen LogP contribution in [-0.2, 0) is 0 Å². The smallest absolute Gasteiger partial charge is 0.257 e. The minimum absolute atomic E-state index is 0.0692. The van der Waals surface area contributed by atoms with Gasteiger partial charge in [0.05, 0.1) is 12.7 Å². The number of hydrogen-bond acceptors (Lipinski definition) is 2. The van der Waals surface area contributed by atoms with Crippen LogP contribution >= 0.6 is 15.9 Å². The summed E-state index contributed by atoms with van der Waals surface area (Å²) in [7, 11) is 1.60. The van der Waals surface area contributed by atoms with Crippen LogP contribution in [-0.4, -0.2) is 35.8 Å². The van der Waals surface area contributed by atoms with E-state index in [1.165, 1.54) is 0 Å².